The fourth-order valence-electron chi connectivity index (χ4n) is 1.51. The van der Waals surface area contributed by atoms with E-state index in [4.69, 9.17) is 0 Å². The minimum Gasteiger partial charge on any atom is -0.388 e. The SMILES string of the molecule is C/C(=C/C(=O)NCC(C)(O)C(C)C)c1ccc(F)cc1. The van der Waals surface area contributed by atoms with E-state index >= 15 is 0 Å². The summed E-state index contributed by atoms with van der Waals surface area (Å²) in [6, 6.07) is 5.96. The van der Waals surface area contributed by atoms with E-state index < -0.39 is 5.60 Å². The molecule has 110 valence electrons. The predicted octanol–water partition coefficient (Wildman–Crippen LogP) is 2.75. The van der Waals surface area contributed by atoms with Crippen LogP contribution in [-0.4, -0.2) is 23.2 Å². The highest BCUT2D eigenvalue weighted by Gasteiger charge is 2.24. The number of hydrogen-bond donors (Lipinski definition) is 2. The quantitative estimate of drug-likeness (QED) is 0.814. The molecule has 1 atom stereocenters. The van der Waals surface area contributed by atoms with Crippen LogP contribution < -0.4 is 5.32 Å². The Morgan fingerprint density at radius 3 is 2.45 bits per heavy atom. The molecule has 0 radical (unpaired) electrons. The molecule has 1 aromatic carbocycles. The number of halogens is 1. The predicted molar refractivity (Wildman–Crippen MR) is 78.5 cm³/mol. The maximum absolute atomic E-state index is 12.8. The molecule has 3 nitrogen and oxygen atoms in total. The Morgan fingerprint density at radius 1 is 1.40 bits per heavy atom. The molecular weight excluding hydrogens is 257 g/mol. The summed E-state index contributed by atoms with van der Waals surface area (Å²) in [5.74, 6) is -0.531. The first-order valence-corrected chi connectivity index (χ1v) is 6.67. The Hall–Kier alpha value is -1.68. The van der Waals surface area contributed by atoms with Gasteiger partial charge in [0.25, 0.3) is 0 Å². The normalized spacial score (nSPS) is 15.1. The topological polar surface area (TPSA) is 49.3 Å². The largest absolute Gasteiger partial charge is 0.388 e. The van der Waals surface area contributed by atoms with E-state index in [9.17, 15) is 14.3 Å². The highest BCUT2D eigenvalue weighted by molar-refractivity contribution is 5.94. The van der Waals surface area contributed by atoms with E-state index in [1.165, 1.54) is 18.2 Å². The smallest absolute Gasteiger partial charge is 0.244 e. The molecule has 1 unspecified atom stereocenters. The van der Waals surface area contributed by atoms with Crippen molar-refractivity contribution in [1.29, 1.82) is 0 Å². The summed E-state index contributed by atoms with van der Waals surface area (Å²) in [5, 5.41) is 12.7. The van der Waals surface area contributed by atoms with Crippen LogP contribution >= 0.6 is 0 Å². The zero-order chi connectivity index (χ0) is 15.3. The van der Waals surface area contributed by atoms with Gasteiger partial charge >= 0.3 is 0 Å². The van der Waals surface area contributed by atoms with Crippen LogP contribution in [0.25, 0.3) is 5.57 Å². The van der Waals surface area contributed by atoms with Gasteiger partial charge in [-0.15, -0.1) is 0 Å². The Bertz CT molecular complexity index is 490. The summed E-state index contributed by atoms with van der Waals surface area (Å²) in [6.45, 7) is 7.45. The van der Waals surface area contributed by atoms with Gasteiger partial charge in [0.1, 0.15) is 5.82 Å². The monoisotopic (exact) mass is 279 g/mol. The van der Waals surface area contributed by atoms with Crippen molar-refractivity contribution in [3.05, 3.63) is 41.7 Å². The second-order valence-corrected chi connectivity index (χ2v) is 5.56. The van der Waals surface area contributed by atoms with Gasteiger partial charge in [0, 0.05) is 12.6 Å². The molecule has 0 saturated heterocycles. The number of hydrogen-bond acceptors (Lipinski definition) is 2. The molecule has 0 aliphatic heterocycles. The zero-order valence-corrected chi connectivity index (χ0v) is 12.4. The Kier molecular flexibility index (Phi) is 5.45. The van der Waals surface area contributed by atoms with E-state index in [0.717, 1.165) is 11.1 Å². The second-order valence-electron chi connectivity index (χ2n) is 5.56. The second kappa shape index (κ2) is 6.66. The first-order valence-electron chi connectivity index (χ1n) is 6.67. The van der Waals surface area contributed by atoms with Crippen LogP contribution in [0.2, 0.25) is 0 Å². The Balaban J connectivity index is 2.65. The van der Waals surface area contributed by atoms with Gasteiger partial charge in [-0.25, -0.2) is 4.39 Å². The molecule has 0 bridgehead atoms. The third-order valence-electron chi connectivity index (χ3n) is 3.51. The minimum atomic E-state index is -0.937. The number of nitrogens with one attached hydrogen (secondary N) is 1. The zero-order valence-electron chi connectivity index (χ0n) is 12.4. The van der Waals surface area contributed by atoms with Crippen molar-refractivity contribution in [1.82, 2.24) is 5.32 Å². The van der Waals surface area contributed by atoms with Crippen LogP contribution in [-0.2, 0) is 4.79 Å². The van der Waals surface area contributed by atoms with Crippen LogP contribution in [0.1, 0.15) is 33.3 Å². The fourth-order valence-corrected chi connectivity index (χ4v) is 1.51. The van der Waals surface area contributed by atoms with Gasteiger partial charge in [0.15, 0.2) is 0 Å². The van der Waals surface area contributed by atoms with Gasteiger partial charge in [0.2, 0.25) is 5.91 Å². The van der Waals surface area contributed by atoms with E-state index in [1.807, 2.05) is 13.8 Å². The molecule has 0 aliphatic carbocycles. The average Bonchev–Trinajstić information content (AvgIpc) is 2.37. The molecular formula is C16H22FNO2. The van der Waals surface area contributed by atoms with E-state index in [1.54, 1.807) is 26.0 Å². The van der Waals surface area contributed by atoms with Gasteiger partial charge in [-0.1, -0.05) is 26.0 Å². The lowest BCUT2D eigenvalue weighted by atomic mass is 9.92. The number of benzene rings is 1. The van der Waals surface area contributed by atoms with Gasteiger partial charge in [0.05, 0.1) is 5.60 Å². The van der Waals surface area contributed by atoms with Crippen molar-refractivity contribution in [2.24, 2.45) is 5.92 Å². The highest BCUT2D eigenvalue weighted by Crippen LogP contribution is 2.15. The number of aliphatic hydroxyl groups is 1. The van der Waals surface area contributed by atoms with E-state index in [0.29, 0.717) is 0 Å². The van der Waals surface area contributed by atoms with Gasteiger partial charge in [-0.3, -0.25) is 4.79 Å². The lowest BCUT2D eigenvalue weighted by Gasteiger charge is -2.27. The molecule has 0 spiro atoms. The van der Waals surface area contributed by atoms with Crippen molar-refractivity contribution >= 4 is 11.5 Å². The summed E-state index contributed by atoms with van der Waals surface area (Å²) in [5.41, 5.74) is 0.594. The maximum atomic E-state index is 12.8. The lowest BCUT2D eigenvalue weighted by molar-refractivity contribution is -0.118. The van der Waals surface area contributed by atoms with Crippen molar-refractivity contribution in [2.75, 3.05) is 6.54 Å². The number of carbonyl (C=O) groups excluding carboxylic acids is 1. The summed E-state index contributed by atoms with van der Waals surface area (Å²) >= 11 is 0. The third-order valence-corrected chi connectivity index (χ3v) is 3.51. The molecule has 0 saturated carbocycles. The number of amides is 1. The summed E-state index contributed by atoms with van der Waals surface area (Å²) in [6.07, 6.45) is 1.45. The molecule has 0 aromatic heterocycles. The van der Waals surface area contributed by atoms with Crippen LogP contribution in [0, 0.1) is 11.7 Å². The Morgan fingerprint density at radius 2 is 1.95 bits per heavy atom. The standard InChI is InChI=1S/C16H22FNO2/c1-11(2)16(4,20)10-18-15(19)9-12(3)13-5-7-14(17)8-6-13/h5-9,11,20H,10H2,1-4H3,(H,18,19)/b12-9-. The number of rotatable bonds is 5. The molecule has 20 heavy (non-hydrogen) atoms. The van der Waals surface area contributed by atoms with Gasteiger partial charge in [-0.05, 0) is 43.0 Å². The summed E-state index contributed by atoms with van der Waals surface area (Å²) in [7, 11) is 0. The van der Waals surface area contributed by atoms with Crippen molar-refractivity contribution in [3.8, 4) is 0 Å². The van der Waals surface area contributed by atoms with Crippen LogP contribution in [0.5, 0.6) is 0 Å². The Labute approximate surface area is 119 Å². The van der Waals surface area contributed by atoms with E-state index in [2.05, 4.69) is 5.32 Å². The molecule has 0 fully saturated rings. The van der Waals surface area contributed by atoms with Gasteiger partial charge < -0.3 is 10.4 Å². The van der Waals surface area contributed by atoms with Crippen LogP contribution in [0.15, 0.2) is 30.3 Å². The van der Waals surface area contributed by atoms with Gasteiger partial charge in [-0.2, -0.15) is 0 Å². The average molecular weight is 279 g/mol. The number of carbonyl (C=O) groups is 1. The van der Waals surface area contributed by atoms with Crippen LogP contribution in [0.4, 0.5) is 4.39 Å². The number of allylic oxidation sites excluding steroid dienone is 1. The molecule has 0 aliphatic rings. The first-order chi connectivity index (χ1) is 9.22. The first kappa shape index (κ1) is 16.4. The van der Waals surface area contributed by atoms with Crippen LogP contribution in [0.3, 0.4) is 0 Å². The highest BCUT2D eigenvalue weighted by atomic mass is 19.1. The molecule has 0 heterocycles. The third kappa shape index (κ3) is 4.78. The fraction of sp³-hybridized carbons (Fsp3) is 0.438. The minimum absolute atomic E-state index is 0.0463. The summed E-state index contributed by atoms with van der Waals surface area (Å²) in [4.78, 5) is 11.8. The maximum Gasteiger partial charge on any atom is 0.244 e. The molecule has 1 rings (SSSR count). The molecule has 2 N–H and O–H groups in total. The van der Waals surface area contributed by atoms with Crippen molar-refractivity contribution in [2.45, 2.75) is 33.3 Å². The molecule has 1 aromatic rings. The summed E-state index contributed by atoms with van der Waals surface area (Å²) < 4.78 is 12.8. The molecule has 4 heteroatoms. The van der Waals surface area contributed by atoms with E-state index in [-0.39, 0.29) is 24.2 Å². The lowest BCUT2D eigenvalue weighted by Crippen LogP contribution is -2.43. The van der Waals surface area contributed by atoms with Crippen molar-refractivity contribution in [3.63, 3.8) is 0 Å². The van der Waals surface area contributed by atoms with Crippen molar-refractivity contribution < 1.29 is 14.3 Å². The molecule has 1 amide bonds.